The maximum absolute atomic E-state index is 15.3. The maximum atomic E-state index is 15.3. The Balaban J connectivity index is 2.21. The molecule has 0 saturated heterocycles. The number of halogens is 2. The number of benzene rings is 2. The predicted molar refractivity (Wildman–Crippen MR) is 68.0 cm³/mol. The summed E-state index contributed by atoms with van der Waals surface area (Å²) in [5.41, 5.74) is -0.201. The zero-order chi connectivity index (χ0) is 12.6. The quantitative estimate of drug-likeness (QED) is 0.705. The summed E-state index contributed by atoms with van der Waals surface area (Å²) in [7, 11) is 0. The Morgan fingerprint density at radius 2 is 1.61 bits per heavy atom. The molecule has 2 heteroatoms. The predicted octanol–water partition coefficient (Wildman–Crippen LogP) is 4.18. The van der Waals surface area contributed by atoms with Gasteiger partial charge in [0.25, 0.3) is 0 Å². The molecule has 0 heterocycles. The molecule has 0 N–H and O–H groups in total. The largest absolute Gasteiger partial charge is 0.243 e. The molecule has 0 amide bonds. The third-order valence-corrected chi connectivity index (χ3v) is 3.70. The van der Waals surface area contributed by atoms with Gasteiger partial charge in [-0.2, -0.15) is 0 Å². The molecule has 1 aliphatic carbocycles. The third kappa shape index (κ3) is 1.56. The summed E-state index contributed by atoms with van der Waals surface area (Å²) < 4.78 is 29.5. The zero-order valence-corrected chi connectivity index (χ0v) is 9.94. The van der Waals surface area contributed by atoms with E-state index in [1.54, 1.807) is 36.4 Å². The Morgan fingerprint density at radius 3 is 2.39 bits per heavy atom. The smallest absolute Gasteiger partial charge is 0.192 e. The van der Waals surface area contributed by atoms with Gasteiger partial charge in [-0.15, -0.1) is 0 Å². The van der Waals surface area contributed by atoms with E-state index in [9.17, 15) is 4.39 Å². The van der Waals surface area contributed by atoms with Gasteiger partial charge < -0.3 is 0 Å². The van der Waals surface area contributed by atoms with Crippen molar-refractivity contribution in [3.05, 3.63) is 71.3 Å². The molecule has 0 radical (unpaired) electrons. The molecule has 1 aliphatic rings. The Hall–Kier alpha value is -1.70. The summed E-state index contributed by atoms with van der Waals surface area (Å²) in [4.78, 5) is 0. The van der Waals surface area contributed by atoms with Crippen molar-refractivity contribution in [1.29, 1.82) is 0 Å². The summed E-state index contributed by atoms with van der Waals surface area (Å²) in [5.74, 6) is 0. The van der Waals surface area contributed by atoms with Crippen LogP contribution < -0.4 is 0 Å². The highest BCUT2D eigenvalue weighted by molar-refractivity contribution is 5.44. The molecule has 0 unspecified atom stereocenters. The van der Waals surface area contributed by atoms with Crippen LogP contribution in [0.5, 0.6) is 0 Å². The summed E-state index contributed by atoms with van der Waals surface area (Å²) in [5, 5.41) is 0. The molecule has 0 aliphatic heterocycles. The van der Waals surface area contributed by atoms with Crippen molar-refractivity contribution < 1.29 is 8.78 Å². The Morgan fingerprint density at radius 1 is 0.944 bits per heavy atom. The molecule has 92 valence electrons. The van der Waals surface area contributed by atoms with Crippen LogP contribution in [0.1, 0.15) is 23.1 Å². The molecular formula is C16H14F2. The highest BCUT2D eigenvalue weighted by Gasteiger charge is 2.46. The fourth-order valence-corrected chi connectivity index (χ4v) is 2.76. The van der Waals surface area contributed by atoms with Crippen molar-refractivity contribution >= 4 is 0 Å². The van der Waals surface area contributed by atoms with Gasteiger partial charge in [0.1, 0.15) is 6.17 Å². The minimum atomic E-state index is -2.00. The van der Waals surface area contributed by atoms with E-state index in [4.69, 9.17) is 0 Å². The third-order valence-electron chi connectivity index (χ3n) is 3.70. The van der Waals surface area contributed by atoms with E-state index in [1.165, 1.54) is 0 Å². The van der Waals surface area contributed by atoms with Gasteiger partial charge in [-0.25, -0.2) is 8.78 Å². The standard InChI is InChI=1S/C16H14F2/c17-15-11-10-12-6-4-5-9-14(12)16(15,18)13-7-2-1-3-8-13/h1-9,15H,10-11H2/t15-,16+/m1/s1. The lowest BCUT2D eigenvalue weighted by Crippen LogP contribution is -2.38. The Kier molecular flexibility index (Phi) is 2.66. The average molecular weight is 244 g/mol. The van der Waals surface area contributed by atoms with Gasteiger partial charge in [-0.1, -0.05) is 54.6 Å². The first-order valence-electron chi connectivity index (χ1n) is 6.20. The van der Waals surface area contributed by atoms with Crippen molar-refractivity contribution in [2.24, 2.45) is 0 Å². The second-order valence-corrected chi connectivity index (χ2v) is 4.74. The lowest BCUT2D eigenvalue weighted by atomic mass is 9.75. The van der Waals surface area contributed by atoms with E-state index in [-0.39, 0.29) is 6.42 Å². The van der Waals surface area contributed by atoms with E-state index in [0.29, 0.717) is 17.5 Å². The number of fused-ring (bicyclic) bond motifs is 1. The topological polar surface area (TPSA) is 0 Å². The average Bonchev–Trinajstić information content (AvgIpc) is 2.44. The van der Waals surface area contributed by atoms with E-state index in [2.05, 4.69) is 0 Å². The molecule has 0 aromatic heterocycles. The second kappa shape index (κ2) is 4.20. The molecule has 0 saturated carbocycles. The summed E-state index contributed by atoms with van der Waals surface area (Å²) >= 11 is 0. The first-order chi connectivity index (χ1) is 8.73. The van der Waals surface area contributed by atoms with Crippen LogP contribution >= 0.6 is 0 Å². The molecule has 0 nitrogen and oxygen atoms in total. The van der Waals surface area contributed by atoms with E-state index < -0.39 is 11.8 Å². The van der Waals surface area contributed by atoms with Crippen LogP contribution in [0.4, 0.5) is 8.78 Å². The van der Waals surface area contributed by atoms with Gasteiger partial charge in [0.2, 0.25) is 0 Å². The zero-order valence-electron chi connectivity index (χ0n) is 9.94. The monoisotopic (exact) mass is 244 g/mol. The Bertz CT molecular complexity index is 550. The van der Waals surface area contributed by atoms with Crippen molar-refractivity contribution in [3.63, 3.8) is 0 Å². The molecule has 3 rings (SSSR count). The van der Waals surface area contributed by atoms with Crippen LogP contribution in [-0.2, 0) is 12.1 Å². The minimum absolute atomic E-state index is 0.238. The van der Waals surface area contributed by atoms with Crippen LogP contribution in [0.25, 0.3) is 0 Å². The highest BCUT2D eigenvalue weighted by atomic mass is 19.2. The molecule has 2 atom stereocenters. The fourth-order valence-electron chi connectivity index (χ4n) is 2.76. The summed E-state index contributed by atoms with van der Waals surface area (Å²) in [6.07, 6.45) is -0.632. The van der Waals surface area contributed by atoms with Crippen LogP contribution in [-0.4, -0.2) is 6.17 Å². The van der Waals surface area contributed by atoms with Gasteiger partial charge in [-0.05, 0) is 29.5 Å². The molecular weight excluding hydrogens is 230 g/mol. The summed E-state index contributed by atoms with van der Waals surface area (Å²) in [6.45, 7) is 0. The van der Waals surface area contributed by atoms with E-state index in [1.807, 2.05) is 18.2 Å². The number of rotatable bonds is 1. The van der Waals surface area contributed by atoms with Gasteiger partial charge in [0.05, 0.1) is 0 Å². The highest BCUT2D eigenvalue weighted by Crippen LogP contribution is 2.45. The van der Waals surface area contributed by atoms with E-state index >= 15 is 4.39 Å². The first-order valence-corrected chi connectivity index (χ1v) is 6.20. The first kappa shape index (κ1) is 11.4. The second-order valence-electron chi connectivity index (χ2n) is 4.74. The van der Waals surface area contributed by atoms with Crippen LogP contribution in [0.15, 0.2) is 54.6 Å². The van der Waals surface area contributed by atoms with Crippen molar-refractivity contribution in [1.82, 2.24) is 0 Å². The van der Waals surface area contributed by atoms with E-state index in [0.717, 1.165) is 5.56 Å². The molecule has 2 aromatic rings. The molecule has 2 aromatic carbocycles. The number of hydrogen-bond acceptors (Lipinski definition) is 0. The SMILES string of the molecule is F[C@@H]1CCc2ccccc2[C@@]1(F)c1ccccc1. The minimum Gasteiger partial charge on any atom is -0.243 e. The number of alkyl halides is 2. The van der Waals surface area contributed by atoms with Crippen molar-refractivity contribution in [2.45, 2.75) is 24.7 Å². The van der Waals surface area contributed by atoms with Crippen molar-refractivity contribution in [3.8, 4) is 0 Å². The molecule has 18 heavy (non-hydrogen) atoms. The normalized spacial score (nSPS) is 26.7. The summed E-state index contributed by atoms with van der Waals surface area (Å²) in [6, 6.07) is 15.9. The van der Waals surface area contributed by atoms with Crippen LogP contribution in [0.3, 0.4) is 0 Å². The molecule has 0 fully saturated rings. The Labute approximate surface area is 105 Å². The lowest BCUT2D eigenvalue weighted by molar-refractivity contribution is 0.0696. The van der Waals surface area contributed by atoms with Crippen LogP contribution in [0, 0.1) is 0 Å². The fraction of sp³-hybridized carbons (Fsp3) is 0.250. The molecule has 0 bridgehead atoms. The van der Waals surface area contributed by atoms with Gasteiger partial charge in [0, 0.05) is 0 Å². The molecule has 0 spiro atoms. The van der Waals surface area contributed by atoms with Gasteiger partial charge in [-0.3, -0.25) is 0 Å². The van der Waals surface area contributed by atoms with Crippen LogP contribution in [0.2, 0.25) is 0 Å². The van der Waals surface area contributed by atoms with Crippen molar-refractivity contribution in [2.75, 3.05) is 0 Å². The lowest BCUT2D eigenvalue weighted by Gasteiger charge is -2.35. The van der Waals surface area contributed by atoms with Gasteiger partial charge in [0.15, 0.2) is 5.67 Å². The number of hydrogen-bond donors (Lipinski definition) is 0. The number of aryl methyl sites for hydroxylation is 1. The maximum Gasteiger partial charge on any atom is 0.192 e. The van der Waals surface area contributed by atoms with Gasteiger partial charge >= 0.3 is 0 Å².